The lowest BCUT2D eigenvalue weighted by Gasteiger charge is -2.26. The first-order valence-corrected chi connectivity index (χ1v) is 11.4. The number of amides is 1. The van der Waals surface area contributed by atoms with Crippen LogP contribution < -0.4 is 9.64 Å². The highest BCUT2D eigenvalue weighted by atomic mass is 35.5. The second-order valence-electron chi connectivity index (χ2n) is 9.34. The fourth-order valence-corrected chi connectivity index (χ4v) is 4.41. The molecular weight excluding hydrogens is 469 g/mol. The van der Waals surface area contributed by atoms with E-state index in [2.05, 4.69) is 0 Å². The fourth-order valence-electron chi connectivity index (χ4n) is 4.22. The Kier molecular flexibility index (Phi) is 6.43. The van der Waals surface area contributed by atoms with Gasteiger partial charge in [-0.3, -0.25) is 14.5 Å². The molecule has 0 spiro atoms. The average Bonchev–Trinajstić information content (AvgIpc) is 3.08. The number of ketones is 1. The molecule has 1 N–H and O–H groups in total. The minimum absolute atomic E-state index is 0.0687. The van der Waals surface area contributed by atoms with Crippen LogP contribution in [0.15, 0.2) is 72.3 Å². The van der Waals surface area contributed by atoms with Gasteiger partial charge in [0.1, 0.15) is 17.3 Å². The maximum Gasteiger partial charge on any atom is 0.300 e. The molecule has 3 aromatic carbocycles. The van der Waals surface area contributed by atoms with Crippen LogP contribution in [-0.4, -0.2) is 23.9 Å². The third-order valence-electron chi connectivity index (χ3n) is 6.05. The van der Waals surface area contributed by atoms with Crippen LogP contribution in [0.1, 0.15) is 43.5 Å². The van der Waals surface area contributed by atoms with Gasteiger partial charge in [-0.2, -0.15) is 0 Å². The number of benzene rings is 3. The van der Waals surface area contributed by atoms with Gasteiger partial charge in [-0.25, -0.2) is 4.39 Å². The number of Topliss-reactive ketones (excluding diaryl/α,β-unsaturated/α-hetero) is 1. The van der Waals surface area contributed by atoms with Gasteiger partial charge < -0.3 is 9.84 Å². The number of halogens is 2. The molecule has 1 aliphatic rings. The average molecular weight is 494 g/mol. The molecule has 7 heteroatoms. The lowest BCUT2D eigenvalue weighted by atomic mass is 9.85. The Bertz CT molecular complexity index is 1360. The molecule has 35 heavy (non-hydrogen) atoms. The number of methoxy groups -OCH3 is 1. The lowest BCUT2D eigenvalue weighted by molar-refractivity contribution is -0.132. The van der Waals surface area contributed by atoms with Gasteiger partial charge in [0.05, 0.1) is 24.3 Å². The van der Waals surface area contributed by atoms with Crippen molar-refractivity contribution in [2.75, 3.05) is 12.0 Å². The van der Waals surface area contributed by atoms with Crippen LogP contribution in [0, 0.1) is 5.82 Å². The van der Waals surface area contributed by atoms with Crippen molar-refractivity contribution in [2.45, 2.75) is 32.2 Å². The summed E-state index contributed by atoms with van der Waals surface area (Å²) in [6.45, 7) is 6.03. The Morgan fingerprint density at radius 1 is 1.03 bits per heavy atom. The number of hydrogen-bond acceptors (Lipinski definition) is 4. The van der Waals surface area contributed by atoms with Gasteiger partial charge in [0.2, 0.25) is 0 Å². The van der Waals surface area contributed by atoms with Gasteiger partial charge in [0, 0.05) is 16.3 Å². The summed E-state index contributed by atoms with van der Waals surface area (Å²) >= 11 is 6.15. The Hall–Kier alpha value is -3.64. The molecule has 1 atom stereocenters. The second-order valence-corrected chi connectivity index (χ2v) is 9.77. The molecule has 1 saturated heterocycles. The molecule has 1 aliphatic heterocycles. The molecule has 0 bridgehead atoms. The maximum absolute atomic E-state index is 15.1. The number of carbonyl (C=O) groups is 2. The highest BCUT2D eigenvalue weighted by Crippen LogP contribution is 2.44. The first-order valence-electron chi connectivity index (χ1n) is 11.0. The van der Waals surface area contributed by atoms with E-state index in [-0.39, 0.29) is 22.1 Å². The van der Waals surface area contributed by atoms with Crippen molar-refractivity contribution in [1.82, 2.24) is 0 Å². The van der Waals surface area contributed by atoms with Crippen molar-refractivity contribution in [3.63, 3.8) is 0 Å². The van der Waals surface area contributed by atoms with E-state index < -0.39 is 29.3 Å². The maximum atomic E-state index is 15.1. The summed E-state index contributed by atoms with van der Waals surface area (Å²) in [7, 11) is 1.45. The normalized spacial score (nSPS) is 17.7. The summed E-state index contributed by atoms with van der Waals surface area (Å²) in [6, 6.07) is 16.3. The summed E-state index contributed by atoms with van der Waals surface area (Å²) in [6.07, 6.45) is 0. The number of aliphatic hydroxyl groups is 1. The predicted octanol–water partition coefficient (Wildman–Crippen LogP) is 6.41. The third kappa shape index (κ3) is 4.42. The van der Waals surface area contributed by atoms with Crippen molar-refractivity contribution in [3.8, 4) is 5.75 Å². The number of nitrogens with zero attached hydrogens (tertiary/aromatic N) is 1. The minimum Gasteiger partial charge on any atom is -0.507 e. The van der Waals surface area contributed by atoms with E-state index in [0.29, 0.717) is 16.5 Å². The minimum atomic E-state index is -1.21. The van der Waals surface area contributed by atoms with E-state index in [1.165, 1.54) is 31.4 Å². The summed E-state index contributed by atoms with van der Waals surface area (Å²) < 4.78 is 20.5. The molecule has 1 heterocycles. The van der Waals surface area contributed by atoms with Gasteiger partial charge in [-0.1, -0.05) is 62.7 Å². The number of hydrogen-bond donors (Lipinski definition) is 1. The summed E-state index contributed by atoms with van der Waals surface area (Å²) in [5.74, 6) is -2.57. The Morgan fingerprint density at radius 2 is 1.74 bits per heavy atom. The Morgan fingerprint density at radius 3 is 2.37 bits per heavy atom. The first-order chi connectivity index (χ1) is 16.5. The number of rotatable bonds is 4. The molecule has 0 aliphatic carbocycles. The third-order valence-corrected chi connectivity index (χ3v) is 6.29. The quantitative estimate of drug-likeness (QED) is 0.259. The van der Waals surface area contributed by atoms with Crippen molar-refractivity contribution in [1.29, 1.82) is 0 Å². The van der Waals surface area contributed by atoms with Gasteiger partial charge >= 0.3 is 0 Å². The lowest BCUT2D eigenvalue weighted by Crippen LogP contribution is -2.29. The molecule has 1 unspecified atom stereocenters. The molecular formula is C28H25ClFNO4. The largest absolute Gasteiger partial charge is 0.507 e. The van der Waals surface area contributed by atoms with E-state index in [9.17, 15) is 14.7 Å². The molecule has 4 rings (SSSR count). The topological polar surface area (TPSA) is 66.8 Å². The van der Waals surface area contributed by atoms with Crippen LogP contribution in [-0.2, 0) is 15.0 Å². The molecule has 0 saturated carbocycles. The zero-order chi connectivity index (χ0) is 25.5. The standard InChI is InChI=1S/C28H25ClFNO4/c1-28(2,3)16-12-13-22(35-4)20(14-16)25(32)23-24(19-10-5-6-11-21(19)30)31(27(34)26(23)33)18-9-7-8-17(29)15-18/h5-15,24,32H,1-4H3/b25-23+. The van der Waals surface area contributed by atoms with Crippen LogP contribution in [0.4, 0.5) is 10.1 Å². The zero-order valence-corrected chi connectivity index (χ0v) is 20.6. The Labute approximate surface area is 208 Å². The van der Waals surface area contributed by atoms with E-state index >= 15 is 4.39 Å². The molecule has 3 aromatic rings. The molecule has 5 nitrogen and oxygen atoms in total. The van der Waals surface area contributed by atoms with Crippen molar-refractivity contribution in [2.24, 2.45) is 0 Å². The van der Waals surface area contributed by atoms with Crippen LogP contribution in [0.25, 0.3) is 5.76 Å². The molecule has 1 amide bonds. The molecule has 0 aromatic heterocycles. The van der Waals surface area contributed by atoms with E-state index in [4.69, 9.17) is 16.3 Å². The van der Waals surface area contributed by atoms with E-state index in [1.807, 2.05) is 26.8 Å². The monoisotopic (exact) mass is 493 g/mol. The predicted molar refractivity (Wildman–Crippen MR) is 134 cm³/mol. The second kappa shape index (κ2) is 9.19. The summed E-state index contributed by atoms with van der Waals surface area (Å²) in [4.78, 5) is 27.8. The highest BCUT2D eigenvalue weighted by molar-refractivity contribution is 6.51. The van der Waals surface area contributed by atoms with Crippen molar-refractivity contribution < 1.29 is 23.8 Å². The smallest absolute Gasteiger partial charge is 0.300 e. The first kappa shape index (κ1) is 24.5. The zero-order valence-electron chi connectivity index (χ0n) is 19.8. The summed E-state index contributed by atoms with van der Waals surface area (Å²) in [5, 5.41) is 11.8. The van der Waals surface area contributed by atoms with Gasteiger partial charge in [-0.05, 0) is 47.4 Å². The SMILES string of the molecule is COc1ccc(C(C)(C)C)cc1/C(O)=C1\C(=O)C(=O)N(c2cccc(Cl)c2)C1c1ccccc1F. The Balaban J connectivity index is 2.02. The number of ether oxygens (including phenoxy) is 1. The fraction of sp³-hybridized carbons (Fsp3) is 0.214. The van der Waals surface area contributed by atoms with Crippen LogP contribution in [0.3, 0.4) is 0 Å². The van der Waals surface area contributed by atoms with Crippen LogP contribution in [0.2, 0.25) is 5.02 Å². The van der Waals surface area contributed by atoms with E-state index in [1.54, 1.807) is 36.4 Å². The van der Waals surface area contributed by atoms with Crippen LogP contribution >= 0.6 is 11.6 Å². The van der Waals surface area contributed by atoms with Gasteiger partial charge in [-0.15, -0.1) is 0 Å². The number of anilines is 1. The van der Waals surface area contributed by atoms with Crippen molar-refractivity contribution >= 4 is 34.7 Å². The van der Waals surface area contributed by atoms with Crippen molar-refractivity contribution in [3.05, 3.63) is 99.8 Å². The van der Waals surface area contributed by atoms with Gasteiger partial charge in [0.15, 0.2) is 0 Å². The summed E-state index contributed by atoms with van der Waals surface area (Å²) in [5.41, 5.74) is 1.00. The highest BCUT2D eigenvalue weighted by Gasteiger charge is 2.48. The van der Waals surface area contributed by atoms with Gasteiger partial charge in [0.25, 0.3) is 11.7 Å². The van der Waals surface area contributed by atoms with Crippen LogP contribution in [0.5, 0.6) is 5.75 Å². The molecule has 0 radical (unpaired) electrons. The molecule has 180 valence electrons. The molecule has 1 fully saturated rings. The number of carbonyl (C=O) groups excluding carboxylic acids is 2. The van der Waals surface area contributed by atoms with E-state index in [0.717, 1.165) is 10.5 Å². The number of aliphatic hydroxyl groups excluding tert-OH is 1.